The fourth-order valence-electron chi connectivity index (χ4n) is 2.74. The number of carbonyl (C=O) groups is 1. The topological polar surface area (TPSA) is 70.7 Å². The summed E-state index contributed by atoms with van der Waals surface area (Å²) in [7, 11) is 0. The number of carbonyl (C=O) groups excluding carboxylic acids is 1. The third kappa shape index (κ3) is 4.94. The Hall–Kier alpha value is -2.31. The van der Waals surface area contributed by atoms with Crippen LogP contribution in [-0.2, 0) is 4.79 Å². The first-order valence-electron chi connectivity index (χ1n) is 9.22. The number of halogens is 1. The van der Waals surface area contributed by atoms with Crippen LogP contribution in [0.2, 0.25) is 5.02 Å². The van der Waals surface area contributed by atoms with Gasteiger partial charge in [0.05, 0.1) is 5.25 Å². The number of anilines is 1. The van der Waals surface area contributed by atoms with E-state index in [9.17, 15) is 4.79 Å². The standard InChI is InChI=1S/C21H23ClN4OS/c1-4-13(2)17-7-5-6-8-18(17)23-20(27)14(3)28-21-24-19(25-26-21)15-9-11-16(22)12-10-15/h5-14H,4H2,1-3H3,(H,23,27)(H,24,25,26). The maximum atomic E-state index is 12.7. The smallest absolute Gasteiger partial charge is 0.237 e. The van der Waals surface area contributed by atoms with E-state index in [0.29, 0.717) is 21.9 Å². The second-order valence-electron chi connectivity index (χ2n) is 6.62. The number of benzene rings is 2. The molecule has 2 N–H and O–H groups in total. The molecule has 3 rings (SSSR count). The van der Waals surface area contributed by atoms with Crippen molar-refractivity contribution >= 4 is 35.0 Å². The number of aromatic amines is 1. The predicted octanol–water partition coefficient (Wildman–Crippen LogP) is 5.76. The van der Waals surface area contributed by atoms with Gasteiger partial charge in [-0.1, -0.05) is 55.4 Å². The first kappa shape index (κ1) is 20.4. The molecule has 0 fully saturated rings. The fraction of sp³-hybridized carbons (Fsp3) is 0.286. The summed E-state index contributed by atoms with van der Waals surface area (Å²) in [6.45, 7) is 6.16. The van der Waals surface area contributed by atoms with Gasteiger partial charge in [-0.3, -0.25) is 9.89 Å². The van der Waals surface area contributed by atoms with Crippen LogP contribution >= 0.6 is 23.4 Å². The number of hydrogen-bond acceptors (Lipinski definition) is 4. The highest BCUT2D eigenvalue weighted by Crippen LogP contribution is 2.28. The van der Waals surface area contributed by atoms with Crippen LogP contribution in [0.25, 0.3) is 11.4 Å². The van der Waals surface area contributed by atoms with Crippen molar-refractivity contribution < 1.29 is 4.79 Å². The lowest BCUT2D eigenvalue weighted by Gasteiger charge is -2.17. The van der Waals surface area contributed by atoms with Gasteiger partial charge in [0.25, 0.3) is 0 Å². The van der Waals surface area contributed by atoms with E-state index in [1.54, 1.807) is 12.1 Å². The number of amides is 1. The number of nitrogens with zero attached hydrogens (tertiary/aromatic N) is 2. The highest BCUT2D eigenvalue weighted by molar-refractivity contribution is 8.00. The van der Waals surface area contributed by atoms with Crippen molar-refractivity contribution in [3.05, 3.63) is 59.1 Å². The Morgan fingerprint density at radius 1 is 1.18 bits per heavy atom. The van der Waals surface area contributed by atoms with E-state index in [0.717, 1.165) is 23.2 Å². The lowest BCUT2D eigenvalue weighted by molar-refractivity contribution is -0.115. The SMILES string of the molecule is CCC(C)c1ccccc1NC(=O)C(C)Sc1n[nH]c(-c2ccc(Cl)cc2)n1. The van der Waals surface area contributed by atoms with E-state index < -0.39 is 0 Å². The molecule has 0 aliphatic heterocycles. The Balaban J connectivity index is 1.66. The highest BCUT2D eigenvalue weighted by atomic mass is 35.5. The van der Waals surface area contributed by atoms with Gasteiger partial charge in [-0.15, -0.1) is 5.10 Å². The van der Waals surface area contributed by atoms with Gasteiger partial charge in [0.2, 0.25) is 11.1 Å². The second-order valence-corrected chi connectivity index (χ2v) is 8.36. The van der Waals surface area contributed by atoms with Crippen LogP contribution in [0.4, 0.5) is 5.69 Å². The molecule has 0 aliphatic rings. The average Bonchev–Trinajstić information content (AvgIpc) is 3.16. The predicted molar refractivity (Wildman–Crippen MR) is 116 cm³/mol. The van der Waals surface area contributed by atoms with Crippen molar-refractivity contribution in [3.63, 3.8) is 0 Å². The molecule has 2 unspecified atom stereocenters. The minimum absolute atomic E-state index is 0.0707. The number of thioether (sulfide) groups is 1. The molecule has 3 aromatic rings. The Kier molecular flexibility index (Phi) is 6.75. The number of para-hydroxylation sites is 1. The molecule has 0 bridgehead atoms. The first-order chi connectivity index (χ1) is 13.5. The van der Waals surface area contributed by atoms with Gasteiger partial charge < -0.3 is 5.32 Å². The minimum Gasteiger partial charge on any atom is -0.325 e. The normalized spacial score (nSPS) is 13.1. The number of rotatable bonds is 7. The van der Waals surface area contributed by atoms with Gasteiger partial charge in [-0.25, -0.2) is 4.98 Å². The number of H-pyrrole nitrogens is 1. The van der Waals surface area contributed by atoms with Gasteiger partial charge in [0.15, 0.2) is 5.82 Å². The van der Waals surface area contributed by atoms with Crippen LogP contribution in [0.15, 0.2) is 53.7 Å². The average molecular weight is 415 g/mol. The molecule has 1 amide bonds. The summed E-state index contributed by atoms with van der Waals surface area (Å²) in [6.07, 6.45) is 1.02. The molecule has 2 atom stereocenters. The van der Waals surface area contributed by atoms with Crippen molar-refractivity contribution in [2.75, 3.05) is 5.32 Å². The van der Waals surface area contributed by atoms with Crippen molar-refractivity contribution in [1.29, 1.82) is 0 Å². The molecule has 0 saturated heterocycles. The lowest BCUT2D eigenvalue weighted by atomic mass is 9.97. The summed E-state index contributed by atoms with van der Waals surface area (Å²) in [5.41, 5.74) is 2.91. The molecular weight excluding hydrogens is 392 g/mol. The van der Waals surface area contributed by atoms with Crippen LogP contribution in [-0.4, -0.2) is 26.3 Å². The highest BCUT2D eigenvalue weighted by Gasteiger charge is 2.19. The molecule has 7 heteroatoms. The number of nitrogens with one attached hydrogen (secondary N) is 2. The van der Waals surface area contributed by atoms with Gasteiger partial charge in [-0.05, 0) is 55.2 Å². The van der Waals surface area contributed by atoms with Crippen molar-refractivity contribution in [2.24, 2.45) is 0 Å². The molecule has 1 heterocycles. The van der Waals surface area contributed by atoms with Gasteiger partial charge in [0, 0.05) is 16.3 Å². The summed E-state index contributed by atoms with van der Waals surface area (Å²) in [4.78, 5) is 17.2. The molecule has 0 spiro atoms. The summed E-state index contributed by atoms with van der Waals surface area (Å²) in [5, 5.41) is 11.0. The molecule has 0 aliphatic carbocycles. The summed E-state index contributed by atoms with van der Waals surface area (Å²) < 4.78 is 0. The molecule has 146 valence electrons. The number of aromatic nitrogens is 3. The zero-order chi connectivity index (χ0) is 20.1. The second kappa shape index (κ2) is 9.26. The minimum atomic E-state index is -0.334. The van der Waals surface area contributed by atoms with E-state index >= 15 is 0 Å². The molecule has 0 saturated carbocycles. The summed E-state index contributed by atoms with van der Waals surface area (Å²) in [5.74, 6) is 0.960. The molecule has 0 radical (unpaired) electrons. The quantitative estimate of drug-likeness (QED) is 0.482. The van der Waals surface area contributed by atoms with E-state index in [1.807, 2.05) is 37.3 Å². The van der Waals surface area contributed by atoms with E-state index in [4.69, 9.17) is 11.6 Å². The largest absolute Gasteiger partial charge is 0.325 e. The van der Waals surface area contributed by atoms with Crippen molar-refractivity contribution in [1.82, 2.24) is 15.2 Å². The molecule has 1 aromatic heterocycles. The van der Waals surface area contributed by atoms with Crippen LogP contribution in [0.5, 0.6) is 0 Å². The maximum Gasteiger partial charge on any atom is 0.237 e. The third-order valence-corrected chi connectivity index (χ3v) is 5.81. The van der Waals surface area contributed by atoms with Crippen LogP contribution in [0.1, 0.15) is 38.7 Å². The van der Waals surface area contributed by atoms with Crippen LogP contribution in [0.3, 0.4) is 0 Å². The molecule has 5 nitrogen and oxygen atoms in total. The lowest BCUT2D eigenvalue weighted by Crippen LogP contribution is -2.23. The Labute approximate surface area is 174 Å². The third-order valence-electron chi connectivity index (χ3n) is 4.60. The summed E-state index contributed by atoms with van der Waals surface area (Å²) in [6, 6.07) is 15.3. The van der Waals surface area contributed by atoms with Crippen LogP contribution in [0, 0.1) is 0 Å². The maximum absolute atomic E-state index is 12.7. The number of hydrogen-bond donors (Lipinski definition) is 2. The van der Waals surface area contributed by atoms with E-state index in [1.165, 1.54) is 11.8 Å². The van der Waals surface area contributed by atoms with Gasteiger partial charge in [0.1, 0.15) is 0 Å². The molecular formula is C21H23ClN4OS. The van der Waals surface area contributed by atoms with Gasteiger partial charge in [-0.2, -0.15) is 0 Å². The molecule has 28 heavy (non-hydrogen) atoms. The Morgan fingerprint density at radius 3 is 2.61 bits per heavy atom. The van der Waals surface area contributed by atoms with Crippen LogP contribution < -0.4 is 5.32 Å². The summed E-state index contributed by atoms with van der Waals surface area (Å²) >= 11 is 7.24. The zero-order valence-electron chi connectivity index (χ0n) is 16.1. The fourth-order valence-corrected chi connectivity index (χ4v) is 3.59. The Bertz CT molecular complexity index is 942. The molecule has 2 aromatic carbocycles. The monoisotopic (exact) mass is 414 g/mol. The van der Waals surface area contributed by atoms with Crippen molar-refractivity contribution in [3.8, 4) is 11.4 Å². The van der Waals surface area contributed by atoms with Crippen molar-refractivity contribution in [2.45, 2.75) is 43.5 Å². The van der Waals surface area contributed by atoms with Gasteiger partial charge >= 0.3 is 0 Å². The van der Waals surface area contributed by atoms with E-state index in [2.05, 4.69) is 40.4 Å². The first-order valence-corrected chi connectivity index (χ1v) is 10.5. The Morgan fingerprint density at radius 2 is 1.89 bits per heavy atom. The zero-order valence-corrected chi connectivity index (χ0v) is 17.6. The van der Waals surface area contributed by atoms with E-state index in [-0.39, 0.29) is 11.2 Å².